The number of para-hydroxylation sites is 1. The molecule has 0 bridgehead atoms. The van der Waals surface area contributed by atoms with Gasteiger partial charge in [-0.05, 0) is 61.0 Å². The summed E-state index contributed by atoms with van der Waals surface area (Å²) in [6, 6.07) is 21.9. The molecule has 8 heteroatoms. The van der Waals surface area contributed by atoms with Crippen LogP contribution in [0.3, 0.4) is 0 Å². The zero-order valence-electron chi connectivity index (χ0n) is 17.7. The molecule has 0 saturated carbocycles. The van der Waals surface area contributed by atoms with Gasteiger partial charge >= 0.3 is 6.18 Å². The maximum absolute atomic E-state index is 13.3. The molecule has 0 spiro atoms. The van der Waals surface area contributed by atoms with Crippen LogP contribution in [0, 0.1) is 0 Å². The monoisotopic (exact) mass is 467 g/mol. The molecule has 33 heavy (non-hydrogen) atoms. The summed E-state index contributed by atoms with van der Waals surface area (Å²) in [6.45, 7) is 2.48. The summed E-state index contributed by atoms with van der Waals surface area (Å²) in [4.78, 5) is 5.17. The largest absolute Gasteiger partial charge is 0.494 e. The Hall–Kier alpha value is -3.65. The number of rotatable bonds is 6. The molecule has 0 saturated heterocycles. The fourth-order valence-electron chi connectivity index (χ4n) is 3.10. The fourth-order valence-corrected chi connectivity index (χ4v) is 3.95. The molecule has 0 radical (unpaired) electrons. The highest BCUT2D eigenvalue weighted by Gasteiger charge is 2.30. The van der Waals surface area contributed by atoms with E-state index in [0.29, 0.717) is 22.7 Å². The van der Waals surface area contributed by atoms with Crippen LogP contribution in [0.4, 0.5) is 18.9 Å². The number of benzene rings is 3. The van der Waals surface area contributed by atoms with Gasteiger partial charge in [0.15, 0.2) is 0 Å². The molecule has 0 fully saturated rings. The van der Waals surface area contributed by atoms with Crippen molar-refractivity contribution < 1.29 is 17.9 Å². The van der Waals surface area contributed by atoms with Crippen molar-refractivity contribution in [2.75, 3.05) is 6.61 Å². The van der Waals surface area contributed by atoms with Gasteiger partial charge in [-0.2, -0.15) is 18.3 Å². The third-order valence-corrected chi connectivity index (χ3v) is 5.48. The van der Waals surface area contributed by atoms with Gasteiger partial charge in [-0.15, -0.1) is 11.3 Å². The minimum absolute atomic E-state index is 0.402. The summed E-state index contributed by atoms with van der Waals surface area (Å²) < 4.78 is 46.8. The first-order chi connectivity index (χ1) is 15.9. The summed E-state index contributed by atoms with van der Waals surface area (Å²) in [5.74, 6) is 0.752. The molecule has 168 valence electrons. The van der Waals surface area contributed by atoms with Gasteiger partial charge < -0.3 is 4.74 Å². The highest BCUT2D eigenvalue weighted by molar-refractivity contribution is 7.07. The number of alkyl halides is 3. The summed E-state index contributed by atoms with van der Waals surface area (Å²) in [5.41, 5.74) is 1.75. The van der Waals surface area contributed by atoms with E-state index in [4.69, 9.17) is 4.74 Å². The molecule has 0 aliphatic heterocycles. The van der Waals surface area contributed by atoms with E-state index >= 15 is 0 Å². The lowest BCUT2D eigenvalue weighted by molar-refractivity contribution is -0.137. The van der Waals surface area contributed by atoms with E-state index in [-0.39, 0.29) is 0 Å². The molecule has 1 heterocycles. The zero-order chi connectivity index (χ0) is 23.3. The first-order valence-corrected chi connectivity index (χ1v) is 11.1. The van der Waals surface area contributed by atoms with Gasteiger partial charge in [0.05, 0.1) is 29.8 Å². The SMILES string of the molecule is CCOc1ccc(C=Nn2c(-c3cccc(C(F)(F)F)c3)csc2=Nc2ccccc2)cc1. The predicted molar refractivity (Wildman–Crippen MR) is 125 cm³/mol. The third-order valence-electron chi connectivity index (χ3n) is 4.67. The molecular formula is C25H20F3N3OS. The second-order valence-electron chi connectivity index (χ2n) is 6.99. The maximum Gasteiger partial charge on any atom is 0.416 e. The van der Waals surface area contributed by atoms with Crippen molar-refractivity contribution in [2.45, 2.75) is 13.1 Å². The van der Waals surface area contributed by atoms with Crippen molar-refractivity contribution in [3.05, 3.63) is 100 Å². The van der Waals surface area contributed by atoms with Crippen molar-refractivity contribution in [2.24, 2.45) is 10.1 Å². The van der Waals surface area contributed by atoms with Crippen LogP contribution in [-0.2, 0) is 6.18 Å². The summed E-state index contributed by atoms with van der Waals surface area (Å²) in [6.07, 6.45) is -2.79. The lowest BCUT2D eigenvalue weighted by Gasteiger charge is -2.09. The van der Waals surface area contributed by atoms with Gasteiger partial charge in [0.25, 0.3) is 0 Å². The lowest BCUT2D eigenvalue weighted by Crippen LogP contribution is -2.12. The number of hydrogen-bond acceptors (Lipinski definition) is 4. The molecule has 0 amide bonds. The van der Waals surface area contributed by atoms with Crippen LogP contribution < -0.4 is 9.54 Å². The van der Waals surface area contributed by atoms with Crippen molar-refractivity contribution in [3.8, 4) is 17.0 Å². The number of aromatic nitrogens is 1. The number of hydrogen-bond donors (Lipinski definition) is 0. The molecular weight excluding hydrogens is 447 g/mol. The number of halogens is 3. The van der Waals surface area contributed by atoms with E-state index < -0.39 is 11.7 Å². The molecule has 0 N–H and O–H groups in total. The Kier molecular flexibility index (Phi) is 6.74. The van der Waals surface area contributed by atoms with E-state index in [1.165, 1.54) is 17.4 Å². The smallest absolute Gasteiger partial charge is 0.416 e. The topological polar surface area (TPSA) is 38.9 Å². The normalized spacial score (nSPS) is 12.4. The molecule has 4 aromatic rings. The van der Waals surface area contributed by atoms with Crippen molar-refractivity contribution >= 4 is 23.2 Å². The molecule has 3 aromatic carbocycles. The molecule has 0 atom stereocenters. The van der Waals surface area contributed by atoms with Crippen molar-refractivity contribution in [3.63, 3.8) is 0 Å². The Labute approximate surface area is 193 Å². The summed E-state index contributed by atoms with van der Waals surface area (Å²) in [7, 11) is 0. The average molecular weight is 468 g/mol. The Balaban J connectivity index is 1.79. The lowest BCUT2D eigenvalue weighted by atomic mass is 10.1. The van der Waals surface area contributed by atoms with Crippen LogP contribution in [0.5, 0.6) is 5.75 Å². The van der Waals surface area contributed by atoms with E-state index in [1.807, 2.05) is 61.5 Å². The van der Waals surface area contributed by atoms with Crippen LogP contribution in [0.15, 0.2) is 94.3 Å². The van der Waals surface area contributed by atoms with E-state index in [2.05, 4.69) is 10.1 Å². The summed E-state index contributed by atoms with van der Waals surface area (Å²) in [5, 5.41) is 6.32. The predicted octanol–water partition coefficient (Wildman–Crippen LogP) is 6.75. The minimum Gasteiger partial charge on any atom is -0.494 e. The Morgan fingerprint density at radius 2 is 1.73 bits per heavy atom. The highest BCUT2D eigenvalue weighted by Crippen LogP contribution is 2.32. The van der Waals surface area contributed by atoms with Gasteiger partial charge in [0.2, 0.25) is 4.80 Å². The Morgan fingerprint density at radius 3 is 2.42 bits per heavy atom. The standard InChI is InChI=1S/C25H20F3N3OS/c1-2-32-22-13-11-18(12-14-22)16-29-31-23(19-7-6-8-20(15-19)25(26,27)28)17-33-24(31)30-21-9-4-3-5-10-21/h3-17H,2H2,1H3. The average Bonchev–Trinajstić information content (AvgIpc) is 3.21. The quantitative estimate of drug-likeness (QED) is 0.289. The molecule has 4 rings (SSSR count). The van der Waals surface area contributed by atoms with Gasteiger partial charge in [-0.3, -0.25) is 0 Å². The number of ether oxygens (including phenoxy) is 1. The zero-order valence-corrected chi connectivity index (χ0v) is 18.5. The van der Waals surface area contributed by atoms with Gasteiger partial charge in [0, 0.05) is 10.9 Å². The van der Waals surface area contributed by atoms with Crippen LogP contribution in [0.2, 0.25) is 0 Å². The fraction of sp³-hybridized carbons (Fsp3) is 0.120. The maximum atomic E-state index is 13.3. The third kappa shape index (κ3) is 5.59. The molecule has 4 nitrogen and oxygen atoms in total. The van der Waals surface area contributed by atoms with E-state index in [0.717, 1.165) is 29.1 Å². The van der Waals surface area contributed by atoms with Crippen LogP contribution >= 0.6 is 11.3 Å². The highest BCUT2D eigenvalue weighted by atomic mass is 32.1. The second-order valence-corrected chi connectivity index (χ2v) is 7.82. The molecule has 0 unspecified atom stereocenters. The first kappa shape index (κ1) is 22.5. The van der Waals surface area contributed by atoms with Crippen LogP contribution in [-0.4, -0.2) is 17.5 Å². The number of nitrogens with zero attached hydrogens (tertiary/aromatic N) is 3. The van der Waals surface area contributed by atoms with Crippen molar-refractivity contribution in [1.82, 2.24) is 4.68 Å². The van der Waals surface area contributed by atoms with Gasteiger partial charge in [-0.1, -0.05) is 30.3 Å². The van der Waals surface area contributed by atoms with E-state index in [1.54, 1.807) is 22.3 Å². The minimum atomic E-state index is -4.43. The van der Waals surface area contributed by atoms with Crippen LogP contribution in [0.1, 0.15) is 18.1 Å². The second kappa shape index (κ2) is 9.87. The number of thiazole rings is 1. The van der Waals surface area contributed by atoms with E-state index in [9.17, 15) is 13.2 Å². The van der Waals surface area contributed by atoms with Crippen LogP contribution in [0.25, 0.3) is 11.3 Å². The van der Waals surface area contributed by atoms with Gasteiger partial charge in [-0.25, -0.2) is 9.67 Å². The summed E-state index contributed by atoms with van der Waals surface area (Å²) >= 11 is 1.30. The van der Waals surface area contributed by atoms with Gasteiger partial charge in [0.1, 0.15) is 5.75 Å². The molecule has 1 aromatic heterocycles. The molecule has 0 aliphatic carbocycles. The Bertz CT molecular complexity index is 1310. The molecule has 0 aliphatic rings. The Morgan fingerprint density at radius 1 is 0.970 bits per heavy atom. The first-order valence-electron chi connectivity index (χ1n) is 10.2. The van der Waals surface area contributed by atoms with Crippen molar-refractivity contribution in [1.29, 1.82) is 0 Å².